The lowest BCUT2D eigenvalue weighted by atomic mass is 10.1. The second kappa shape index (κ2) is 8.07. The van der Waals surface area contributed by atoms with Crippen molar-refractivity contribution in [3.63, 3.8) is 0 Å². The van der Waals surface area contributed by atoms with E-state index in [2.05, 4.69) is 4.98 Å². The Morgan fingerprint density at radius 3 is 2.31 bits per heavy atom. The maximum absolute atomic E-state index is 12.9. The smallest absolute Gasteiger partial charge is 0.301 e. The van der Waals surface area contributed by atoms with Crippen molar-refractivity contribution in [3.05, 3.63) is 92.0 Å². The van der Waals surface area contributed by atoms with Crippen molar-refractivity contribution in [1.29, 1.82) is 0 Å². The maximum Gasteiger partial charge on any atom is 0.301 e. The third-order valence-electron chi connectivity index (χ3n) is 4.81. The van der Waals surface area contributed by atoms with E-state index in [-0.39, 0.29) is 5.69 Å². The summed E-state index contributed by atoms with van der Waals surface area (Å²) in [6.07, 6.45) is 3.01. The molecule has 1 fully saturated rings. The summed E-state index contributed by atoms with van der Waals surface area (Å²) in [5.74, 6) is -1.33. The molecule has 4 rings (SSSR count). The van der Waals surface area contributed by atoms with E-state index in [0.29, 0.717) is 10.6 Å². The quantitative estimate of drug-likeness (QED) is 0.314. The van der Waals surface area contributed by atoms with Gasteiger partial charge in [0.1, 0.15) is 12.1 Å². The fourth-order valence-corrected chi connectivity index (χ4v) is 3.58. The molecule has 1 saturated heterocycles. The van der Waals surface area contributed by atoms with E-state index in [4.69, 9.17) is 11.6 Å². The molecule has 0 radical (unpaired) electrons. The molecule has 0 N–H and O–H groups in total. The van der Waals surface area contributed by atoms with Crippen molar-refractivity contribution in [2.75, 3.05) is 5.01 Å². The van der Waals surface area contributed by atoms with Gasteiger partial charge in [0.05, 0.1) is 22.2 Å². The molecule has 0 bridgehead atoms. The van der Waals surface area contributed by atoms with Gasteiger partial charge in [-0.3, -0.25) is 29.8 Å². The summed E-state index contributed by atoms with van der Waals surface area (Å²) in [5, 5.41) is 25.1. The van der Waals surface area contributed by atoms with Crippen molar-refractivity contribution in [3.8, 4) is 0 Å². The average molecular weight is 457 g/mol. The number of halogens is 1. The number of hydrazine groups is 1. The van der Waals surface area contributed by atoms with Crippen LogP contribution in [0, 0.1) is 20.2 Å². The Bertz CT molecular complexity index is 1230. The second-order valence-corrected chi connectivity index (χ2v) is 7.18. The number of anilines is 1. The molecule has 1 aliphatic heterocycles. The van der Waals surface area contributed by atoms with Crippen LogP contribution < -0.4 is 5.01 Å². The molecule has 1 atom stereocenters. The number of imidazole rings is 1. The summed E-state index contributed by atoms with van der Waals surface area (Å²) >= 11 is 5.98. The summed E-state index contributed by atoms with van der Waals surface area (Å²) in [6.45, 7) is 0. The maximum atomic E-state index is 12.9. The molecule has 0 saturated carbocycles. The van der Waals surface area contributed by atoms with Gasteiger partial charge in [0.2, 0.25) is 0 Å². The van der Waals surface area contributed by atoms with Crippen LogP contribution in [-0.2, 0) is 9.59 Å². The molecule has 1 unspecified atom stereocenters. The Kier molecular flexibility index (Phi) is 5.28. The van der Waals surface area contributed by atoms with Gasteiger partial charge in [-0.05, 0) is 23.8 Å². The average Bonchev–Trinajstić information content (AvgIpc) is 3.37. The van der Waals surface area contributed by atoms with Crippen LogP contribution in [0.5, 0.6) is 0 Å². The molecule has 12 nitrogen and oxygen atoms in total. The van der Waals surface area contributed by atoms with Crippen LogP contribution in [0.3, 0.4) is 0 Å². The lowest BCUT2D eigenvalue weighted by molar-refractivity contribution is -0.393. The first-order valence-electron chi connectivity index (χ1n) is 9.08. The Morgan fingerprint density at radius 1 is 1.00 bits per heavy atom. The van der Waals surface area contributed by atoms with Crippen molar-refractivity contribution in [2.45, 2.75) is 12.6 Å². The summed E-state index contributed by atoms with van der Waals surface area (Å²) < 4.78 is 1.55. The zero-order valence-corrected chi connectivity index (χ0v) is 16.8. The predicted molar refractivity (Wildman–Crippen MR) is 111 cm³/mol. The van der Waals surface area contributed by atoms with Gasteiger partial charge < -0.3 is 4.57 Å². The fourth-order valence-electron chi connectivity index (χ4n) is 3.45. The highest BCUT2D eigenvalue weighted by molar-refractivity contribution is 6.30. The van der Waals surface area contributed by atoms with Gasteiger partial charge in [0.25, 0.3) is 17.5 Å². The number of benzene rings is 2. The van der Waals surface area contributed by atoms with E-state index >= 15 is 0 Å². The monoisotopic (exact) mass is 456 g/mol. The molecule has 0 spiro atoms. The lowest BCUT2D eigenvalue weighted by Crippen LogP contribution is -2.46. The molecule has 162 valence electrons. The summed E-state index contributed by atoms with van der Waals surface area (Å²) in [5.41, 5.74) is -0.929. The van der Waals surface area contributed by atoms with E-state index in [9.17, 15) is 29.8 Å². The van der Waals surface area contributed by atoms with E-state index in [1.165, 1.54) is 12.5 Å². The number of nitrogens with zero attached hydrogens (tertiary/aromatic N) is 6. The largest absolute Gasteiger partial charge is 0.311 e. The van der Waals surface area contributed by atoms with E-state index in [1.54, 1.807) is 35.0 Å². The molecule has 2 amide bonds. The van der Waals surface area contributed by atoms with Crippen LogP contribution in [-0.4, -0.2) is 36.2 Å². The Balaban J connectivity index is 1.89. The molecule has 1 aromatic heterocycles. The normalized spacial score (nSPS) is 14.7. The standard InChI is InChI=1S/C19H13ClN6O6/c20-13-3-1-12(2-4-13)19(22-8-7-21-11-22)24-18(28)10-17(27)23(24)15-6-5-14(25(29)30)9-16(15)26(31)32/h1-9,11,19H,10H2. The fraction of sp³-hybridized carbons (Fsp3) is 0.105. The van der Waals surface area contributed by atoms with Crippen molar-refractivity contribution < 1.29 is 19.4 Å². The molecule has 1 aliphatic rings. The molecular weight excluding hydrogens is 444 g/mol. The minimum Gasteiger partial charge on any atom is -0.311 e. The third kappa shape index (κ3) is 3.63. The first kappa shape index (κ1) is 20.9. The molecule has 2 aromatic carbocycles. The number of amides is 2. The number of non-ortho nitro benzene ring substituents is 1. The topological polar surface area (TPSA) is 145 Å². The minimum atomic E-state index is -0.927. The molecule has 0 aliphatic carbocycles. The van der Waals surface area contributed by atoms with E-state index in [0.717, 1.165) is 28.2 Å². The van der Waals surface area contributed by atoms with Gasteiger partial charge in [-0.15, -0.1) is 0 Å². The van der Waals surface area contributed by atoms with Crippen LogP contribution in [0.15, 0.2) is 61.2 Å². The number of hydrogen-bond acceptors (Lipinski definition) is 7. The predicted octanol–water partition coefficient (Wildman–Crippen LogP) is 3.08. The summed E-state index contributed by atoms with van der Waals surface area (Å²) in [7, 11) is 0. The van der Waals surface area contributed by atoms with Crippen LogP contribution >= 0.6 is 11.6 Å². The van der Waals surface area contributed by atoms with Crippen LogP contribution in [0.2, 0.25) is 5.02 Å². The SMILES string of the molecule is O=C1CC(=O)N(C(c2ccc(Cl)cc2)n2ccnc2)N1c1ccc([N+](=O)[O-])cc1[N+](=O)[O-]. The van der Waals surface area contributed by atoms with Gasteiger partial charge in [0, 0.05) is 23.5 Å². The molecule has 2 heterocycles. The molecular formula is C19H13ClN6O6. The number of carbonyl (C=O) groups is 2. The Morgan fingerprint density at radius 2 is 1.72 bits per heavy atom. The van der Waals surface area contributed by atoms with E-state index < -0.39 is 45.6 Å². The van der Waals surface area contributed by atoms with Gasteiger partial charge in [-0.25, -0.2) is 15.0 Å². The van der Waals surface area contributed by atoms with Crippen LogP contribution in [0.25, 0.3) is 0 Å². The third-order valence-corrected chi connectivity index (χ3v) is 5.06. The number of aromatic nitrogens is 2. The van der Waals surface area contributed by atoms with Crippen molar-refractivity contribution >= 4 is 40.5 Å². The van der Waals surface area contributed by atoms with Gasteiger partial charge in [-0.2, -0.15) is 0 Å². The number of nitro benzene ring substituents is 2. The number of rotatable bonds is 6. The minimum absolute atomic E-state index is 0.268. The molecule has 32 heavy (non-hydrogen) atoms. The zero-order valence-electron chi connectivity index (χ0n) is 16.1. The first-order valence-corrected chi connectivity index (χ1v) is 9.46. The second-order valence-electron chi connectivity index (χ2n) is 6.74. The van der Waals surface area contributed by atoms with Crippen LogP contribution in [0.4, 0.5) is 17.1 Å². The Hall–Kier alpha value is -4.32. The van der Waals surface area contributed by atoms with Crippen molar-refractivity contribution in [2.24, 2.45) is 0 Å². The highest BCUT2D eigenvalue weighted by Crippen LogP contribution is 2.39. The van der Waals surface area contributed by atoms with Crippen LogP contribution in [0.1, 0.15) is 18.2 Å². The zero-order chi connectivity index (χ0) is 23.0. The molecule has 13 heteroatoms. The molecule has 3 aromatic rings. The van der Waals surface area contributed by atoms with E-state index in [1.807, 2.05) is 0 Å². The van der Waals surface area contributed by atoms with Crippen molar-refractivity contribution in [1.82, 2.24) is 14.6 Å². The lowest BCUT2D eigenvalue weighted by Gasteiger charge is -2.35. The van der Waals surface area contributed by atoms with Gasteiger partial charge >= 0.3 is 5.69 Å². The highest BCUT2D eigenvalue weighted by Gasteiger charge is 2.45. The van der Waals surface area contributed by atoms with Gasteiger partial charge in [-0.1, -0.05) is 23.7 Å². The summed E-state index contributed by atoms with van der Waals surface area (Å²) in [4.78, 5) is 50.8. The number of nitro groups is 2. The summed E-state index contributed by atoms with van der Waals surface area (Å²) in [6, 6.07) is 9.34. The first-order chi connectivity index (χ1) is 15.3. The number of carbonyl (C=O) groups excluding carboxylic acids is 2. The number of hydrogen-bond donors (Lipinski definition) is 0. The van der Waals surface area contributed by atoms with Gasteiger partial charge in [0.15, 0.2) is 6.17 Å². The Labute approximate surface area is 184 Å². The highest BCUT2D eigenvalue weighted by atomic mass is 35.5.